The van der Waals surface area contributed by atoms with Gasteiger partial charge in [0, 0.05) is 43.4 Å². The molecular formula is C20H23N5O2. The molecule has 7 heteroatoms. The molecule has 140 valence electrons. The number of nitrogen functional groups attached to an aromatic ring is 1. The van der Waals surface area contributed by atoms with Gasteiger partial charge in [0.1, 0.15) is 17.0 Å². The highest BCUT2D eigenvalue weighted by atomic mass is 16.5. The number of ether oxygens (including phenoxy) is 1. The molecule has 0 aliphatic heterocycles. The van der Waals surface area contributed by atoms with Gasteiger partial charge in [-0.15, -0.1) is 0 Å². The first-order chi connectivity index (χ1) is 13.1. The normalized spacial score (nSPS) is 19.7. The average Bonchev–Trinajstić information content (AvgIpc) is 3.09. The van der Waals surface area contributed by atoms with Crippen molar-refractivity contribution in [3.63, 3.8) is 0 Å². The van der Waals surface area contributed by atoms with Gasteiger partial charge in [0.25, 0.3) is 5.91 Å². The van der Waals surface area contributed by atoms with Gasteiger partial charge < -0.3 is 20.4 Å². The van der Waals surface area contributed by atoms with Crippen molar-refractivity contribution < 1.29 is 9.53 Å². The van der Waals surface area contributed by atoms with Crippen molar-refractivity contribution in [3.05, 3.63) is 48.5 Å². The van der Waals surface area contributed by atoms with Crippen LogP contribution in [0.5, 0.6) is 5.75 Å². The molecule has 0 atom stereocenters. The lowest BCUT2D eigenvalue weighted by molar-refractivity contribution is 0.0887. The molecular weight excluding hydrogens is 342 g/mol. The lowest BCUT2D eigenvalue weighted by atomic mass is 9.92. The van der Waals surface area contributed by atoms with E-state index in [1.54, 1.807) is 24.5 Å². The van der Waals surface area contributed by atoms with Gasteiger partial charge in [-0.25, -0.2) is 4.98 Å². The number of nitrogens with two attached hydrogens (primary N) is 1. The number of hydrogen-bond donors (Lipinski definition) is 2. The van der Waals surface area contributed by atoms with E-state index >= 15 is 0 Å². The number of carbonyl (C=O) groups is 1. The summed E-state index contributed by atoms with van der Waals surface area (Å²) in [6.45, 7) is 0. The molecule has 4 rings (SSSR count). The van der Waals surface area contributed by atoms with Crippen molar-refractivity contribution in [2.45, 2.75) is 37.8 Å². The van der Waals surface area contributed by atoms with Crippen LogP contribution in [-0.4, -0.2) is 32.6 Å². The Kier molecular flexibility index (Phi) is 4.66. The highest BCUT2D eigenvalue weighted by molar-refractivity contribution is 5.92. The molecule has 1 saturated carbocycles. The number of amides is 1. The summed E-state index contributed by atoms with van der Waals surface area (Å²) < 4.78 is 8.02. The fraction of sp³-hybridized carbons (Fsp3) is 0.350. The summed E-state index contributed by atoms with van der Waals surface area (Å²) in [5.41, 5.74) is 8.72. The number of benzene rings is 1. The van der Waals surface area contributed by atoms with E-state index in [1.165, 1.54) is 0 Å². The Morgan fingerprint density at radius 1 is 1.22 bits per heavy atom. The SMILES string of the molecule is Cn1cccc1C(=O)NC1CCC(Oc2cc(N)cc3nccnc23)CC1. The van der Waals surface area contributed by atoms with Crippen LogP contribution in [0.4, 0.5) is 5.69 Å². The Balaban J connectivity index is 1.38. The van der Waals surface area contributed by atoms with Crippen molar-refractivity contribution in [1.82, 2.24) is 19.9 Å². The number of hydrogen-bond acceptors (Lipinski definition) is 5. The molecule has 1 aliphatic rings. The second-order valence-corrected chi connectivity index (χ2v) is 7.01. The molecule has 1 fully saturated rings. The van der Waals surface area contributed by atoms with Gasteiger partial charge in [-0.1, -0.05) is 0 Å². The first-order valence-electron chi connectivity index (χ1n) is 9.19. The van der Waals surface area contributed by atoms with Crippen LogP contribution in [0, 0.1) is 0 Å². The second kappa shape index (κ2) is 7.26. The minimum absolute atomic E-state index is 0.0241. The van der Waals surface area contributed by atoms with Gasteiger partial charge in [0.2, 0.25) is 0 Å². The van der Waals surface area contributed by atoms with Gasteiger partial charge in [-0.05, 0) is 43.9 Å². The Labute approximate surface area is 157 Å². The number of nitrogens with one attached hydrogen (secondary N) is 1. The summed E-state index contributed by atoms with van der Waals surface area (Å²) in [4.78, 5) is 21.0. The van der Waals surface area contributed by atoms with Crippen molar-refractivity contribution in [3.8, 4) is 5.75 Å². The summed E-state index contributed by atoms with van der Waals surface area (Å²) in [7, 11) is 1.87. The summed E-state index contributed by atoms with van der Waals surface area (Å²) in [5, 5.41) is 3.13. The Morgan fingerprint density at radius 3 is 2.74 bits per heavy atom. The van der Waals surface area contributed by atoms with Gasteiger partial charge in [-0.3, -0.25) is 9.78 Å². The maximum atomic E-state index is 12.4. The molecule has 0 bridgehead atoms. The molecule has 0 unspecified atom stereocenters. The van der Waals surface area contributed by atoms with E-state index in [9.17, 15) is 4.79 Å². The number of nitrogens with zero attached hydrogens (tertiary/aromatic N) is 3. The molecule has 7 nitrogen and oxygen atoms in total. The highest BCUT2D eigenvalue weighted by Gasteiger charge is 2.25. The molecule has 0 spiro atoms. The lowest BCUT2D eigenvalue weighted by Crippen LogP contribution is -2.40. The largest absolute Gasteiger partial charge is 0.488 e. The number of aryl methyl sites for hydroxylation is 1. The molecule has 2 heterocycles. The van der Waals surface area contributed by atoms with Gasteiger partial charge in [0.15, 0.2) is 0 Å². The predicted octanol–water partition coefficient (Wildman–Crippen LogP) is 2.67. The molecule has 0 saturated heterocycles. The molecule has 1 amide bonds. The maximum absolute atomic E-state index is 12.4. The monoisotopic (exact) mass is 365 g/mol. The number of aromatic nitrogens is 3. The molecule has 0 radical (unpaired) electrons. The third-order valence-corrected chi connectivity index (χ3v) is 5.04. The van der Waals surface area contributed by atoms with Crippen molar-refractivity contribution >= 4 is 22.6 Å². The van der Waals surface area contributed by atoms with E-state index < -0.39 is 0 Å². The summed E-state index contributed by atoms with van der Waals surface area (Å²) in [6, 6.07) is 7.48. The smallest absolute Gasteiger partial charge is 0.268 e. The van der Waals surface area contributed by atoms with Crippen molar-refractivity contribution in [2.75, 3.05) is 5.73 Å². The van der Waals surface area contributed by atoms with E-state index in [2.05, 4.69) is 15.3 Å². The predicted molar refractivity (Wildman–Crippen MR) is 104 cm³/mol. The summed E-state index contributed by atoms with van der Waals surface area (Å²) >= 11 is 0. The number of rotatable bonds is 4. The fourth-order valence-electron chi connectivity index (χ4n) is 3.61. The van der Waals surface area contributed by atoms with Gasteiger partial charge in [0.05, 0.1) is 11.6 Å². The topological polar surface area (TPSA) is 95.1 Å². The molecule has 27 heavy (non-hydrogen) atoms. The molecule has 2 aromatic heterocycles. The minimum atomic E-state index is -0.0241. The number of carbonyl (C=O) groups excluding carboxylic acids is 1. The van der Waals surface area contributed by atoms with Gasteiger partial charge in [-0.2, -0.15) is 0 Å². The van der Waals surface area contributed by atoms with E-state index in [0.29, 0.717) is 17.1 Å². The first-order valence-corrected chi connectivity index (χ1v) is 9.19. The lowest BCUT2D eigenvalue weighted by Gasteiger charge is -2.29. The summed E-state index contributed by atoms with van der Waals surface area (Å²) in [6.07, 6.45) is 8.76. The molecule has 1 aliphatic carbocycles. The Bertz CT molecular complexity index is 960. The van der Waals surface area contributed by atoms with Gasteiger partial charge >= 0.3 is 0 Å². The number of fused-ring (bicyclic) bond motifs is 1. The van der Waals surface area contributed by atoms with Crippen molar-refractivity contribution in [1.29, 1.82) is 0 Å². The first kappa shape index (κ1) is 17.3. The number of anilines is 1. The quantitative estimate of drug-likeness (QED) is 0.693. The van der Waals surface area contributed by atoms with Crippen LogP contribution in [0.3, 0.4) is 0 Å². The van der Waals surface area contributed by atoms with E-state index in [0.717, 1.165) is 36.7 Å². The average molecular weight is 365 g/mol. The zero-order valence-corrected chi connectivity index (χ0v) is 15.3. The Morgan fingerprint density at radius 2 is 2.00 bits per heavy atom. The zero-order valence-electron chi connectivity index (χ0n) is 15.3. The van der Waals surface area contributed by atoms with Crippen LogP contribution in [0.15, 0.2) is 42.9 Å². The fourth-order valence-corrected chi connectivity index (χ4v) is 3.61. The molecule has 1 aromatic carbocycles. The molecule has 3 aromatic rings. The Hall–Kier alpha value is -3.09. The van der Waals surface area contributed by atoms with Crippen LogP contribution in [0.2, 0.25) is 0 Å². The second-order valence-electron chi connectivity index (χ2n) is 7.01. The van der Waals surface area contributed by atoms with Crippen LogP contribution >= 0.6 is 0 Å². The van der Waals surface area contributed by atoms with Crippen LogP contribution in [0.1, 0.15) is 36.2 Å². The van der Waals surface area contributed by atoms with E-state index in [-0.39, 0.29) is 18.1 Å². The van der Waals surface area contributed by atoms with Crippen molar-refractivity contribution in [2.24, 2.45) is 7.05 Å². The highest BCUT2D eigenvalue weighted by Crippen LogP contribution is 2.30. The molecule has 3 N–H and O–H groups in total. The summed E-state index contributed by atoms with van der Waals surface area (Å²) in [5.74, 6) is 0.651. The van der Waals surface area contributed by atoms with Crippen LogP contribution in [0.25, 0.3) is 11.0 Å². The van der Waals surface area contributed by atoms with Crippen LogP contribution < -0.4 is 15.8 Å². The minimum Gasteiger partial charge on any atom is -0.488 e. The van der Waals surface area contributed by atoms with Crippen LogP contribution in [-0.2, 0) is 7.05 Å². The zero-order chi connectivity index (χ0) is 18.8. The standard InChI is InChI=1S/C20H23N5O2/c1-25-10-2-3-17(25)20(26)24-14-4-6-15(7-5-14)27-18-12-13(21)11-16-19(18)23-9-8-22-16/h2-3,8-12,14-15H,4-7,21H2,1H3,(H,24,26). The third-order valence-electron chi connectivity index (χ3n) is 5.04. The third kappa shape index (κ3) is 3.72. The van der Waals surface area contributed by atoms with E-state index in [4.69, 9.17) is 10.5 Å². The maximum Gasteiger partial charge on any atom is 0.268 e. The van der Waals surface area contributed by atoms with E-state index in [1.807, 2.05) is 29.9 Å².